The van der Waals surface area contributed by atoms with Gasteiger partial charge >= 0.3 is 0 Å². The summed E-state index contributed by atoms with van der Waals surface area (Å²) in [4.78, 5) is 16.1. The molecule has 138 valence electrons. The van der Waals surface area contributed by atoms with Crippen LogP contribution in [0.2, 0.25) is 0 Å². The van der Waals surface area contributed by atoms with E-state index in [0.717, 1.165) is 54.6 Å². The van der Waals surface area contributed by atoms with Gasteiger partial charge in [0.1, 0.15) is 0 Å². The highest BCUT2D eigenvalue weighted by molar-refractivity contribution is 5.92. The zero-order valence-corrected chi connectivity index (χ0v) is 16.2. The first-order chi connectivity index (χ1) is 11.2. The molecule has 0 spiro atoms. The number of benzene rings is 1. The number of halogens is 2. The first kappa shape index (κ1) is 23.4. The number of hydrogen-bond acceptors (Lipinski definition) is 3. The summed E-state index contributed by atoms with van der Waals surface area (Å²) >= 11 is 0. The molecule has 0 aliphatic rings. The van der Waals surface area contributed by atoms with Gasteiger partial charge in [-0.25, -0.2) is 0 Å². The largest absolute Gasteiger partial charge is 0.330 e. The number of unbranched alkanes of at least 4 members (excludes halogenated alkanes) is 3. The second-order valence-corrected chi connectivity index (χ2v) is 5.77. The first-order valence-electron chi connectivity index (χ1n) is 8.21. The minimum absolute atomic E-state index is 0. The molecule has 0 bridgehead atoms. The predicted octanol–water partition coefficient (Wildman–Crippen LogP) is 4.75. The molecule has 0 atom stereocenters. The van der Waals surface area contributed by atoms with Crippen molar-refractivity contribution in [3.8, 4) is 11.1 Å². The van der Waals surface area contributed by atoms with E-state index < -0.39 is 0 Å². The van der Waals surface area contributed by atoms with E-state index in [1.807, 2.05) is 31.2 Å². The molecule has 1 heterocycles. The van der Waals surface area contributed by atoms with Gasteiger partial charge in [0, 0.05) is 24.5 Å². The standard InChI is InChI=1S/C19H25N3O.2ClH/c1-15-7-8-17(16-9-12-21-13-10-16)14-18(15)22-19(23)6-4-2-3-5-11-20;;/h7-10,12-14H,2-6,11,20H2,1H3,(H,22,23);2*1H. The molecule has 1 amide bonds. The molecule has 0 aliphatic heterocycles. The number of nitrogens with one attached hydrogen (secondary N) is 1. The number of amides is 1. The number of rotatable bonds is 8. The molecule has 0 unspecified atom stereocenters. The third-order valence-electron chi connectivity index (χ3n) is 3.88. The van der Waals surface area contributed by atoms with Crippen molar-refractivity contribution < 1.29 is 4.79 Å². The van der Waals surface area contributed by atoms with Crippen molar-refractivity contribution in [3.05, 3.63) is 48.3 Å². The Morgan fingerprint density at radius 2 is 1.68 bits per heavy atom. The van der Waals surface area contributed by atoms with Gasteiger partial charge in [-0.1, -0.05) is 25.0 Å². The van der Waals surface area contributed by atoms with Gasteiger partial charge in [-0.3, -0.25) is 9.78 Å². The molecule has 0 fully saturated rings. The molecule has 0 radical (unpaired) electrons. The van der Waals surface area contributed by atoms with E-state index in [1.54, 1.807) is 12.4 Å². The fourth-order valence-corrected chi connectivity index (χ4v) is 2.48. The summed E-state index contributed by atoms with van der Waals surface area (Å²) in [6.07, 6.45) is 8.21. The highest BCUT2D eigenvalue weighted by atomic mass is 35.5. The highest BCUT2D eigenvalue weighted by Gasteiger charge is 2.07. The average molecular weight is 384 g/mol. The predicted molar refractivity (Wildman–Crippen MR) is 110 cm³/mol. The smallest absolute Gasteiger partial charge is 0.224 e. The number of anilines is 1. The quantitative estimate of drug-likeness (QED) is 0.646. The van der Waals surface area contributed by atoms with Crippen LogP contribution in [-0.2, 0) is 4.79 Å². The summed E-state index contributed by atoms with van der Waals surface area (Å²) < 4.78 is 0. The lowest BCUT2D eigenvalue weighted by molar-refractivity contribution is -0.116. The van der Waals surface area contributed by atoms with E-state index in [0.29, 0.717) is 6.42 Å². The van der Waals surface area contributed by atoms with Crippen LogP contribution < -0.4 is 11.1 Å². The van der Waals surface area contributed by atoms with Crippen molar-refractivity contribution in [2.24, 2.45) is 5.73 Å². The number of carbonyl (C=O) groups excluding carboxylic acids is 1. The Morgan fingerprint density at radius 3 is 2.36 bits per heavy atom. The van der Waals surface area contributed by atoms with Crippen molar-refractivity contribution in [3.63, 3.8) is 0 Å². The summed E-state index contributed by atoms with van der Waals surface area (Å²) in [7, 11) is 0. The van der Waals surface area contributed by atoms with Crippen molar-refractivity contribution in [2.45, 2.75) is 39.0 Å². The number of nitrogens with two attached hydrogens (primary N) is 1. The molecule has 4 nitrogen and oxygen atoms in total. The van der Waals surface area contributed by atoms with Crippen LogP contribution in [0.15, 0.2) is 42.7 Å². The summed E-state index contributed by atoms with van der Waals surface area (Å²) in [5, 5.41) is 3.03. The molecule has 0 saturated carbocycles. The van der Waals surface area contributed by atoms with E-state index in [2.05, 4.69) is 16.4 Å². The summed E-state index contributed by atoms with van der Waals surface area (Å²) in [5.74, 6) is 0.0766. The summed E-state index contributed by atoms with van der Waals surface area (Å²) in [5.41, 5.74) is 9.59. The normalized spacial score (nSPS) is 9.68. The third kappa shape index (κ3) is 7.86. The monoisotopic (exact) mass is 383 g/mol. The van der Waals surface area contributed by atoms with Crippen molar-refractivity contribution in [2.75, 3.05) is 11.9 Å². The molecule has 6 heteroatoms. The van der Waals surface area contributed by atoms with Crippen molar-refractivity contribution in [1.82, 2.24) is 4.98 Å². The van der Waals surface area contributed by atoms with Crippen LogP contribution in [-0.4, -0.2) is 17.4 Å². The number of aryl methyl sites for hydroxylation is 1. The molecular formula is C19H27Cl2N3O. The minimum atomic E-state index is 0. The molecule has 25 heavy (non-hydrogen) atoms. The lowest BCUT2D eigenvalue weighted by atomic mass is 10.0. The first-order valence-corrected chi connectivity index (χ1v) is 8.21. The van der Waals surface area contributed by atoms with E-state index >= 15 is 0 Å². The van der Waals surface area contributed by atoms with Gasteiger partial charge in [-0.15, -0.1) is 24.8 Å². The minimum Gasteiger partial charge on any atom is -0.330 e. The summed E-state index contributed by atoms with van der Waals surface area (Å²) in [6.45, 7) is 2.74. The fraction of sp³-hybridized carbons (Fsp3) is 0.368. The van der Waals surface area contributed by atoms with E-state index in [4.69, 9.17) is 5.73 Å². The van der Waals surface area contributed by atoms with E-state index in [-0.39, 0.29) is 30.7 Å². The zero-order chi connectivity index (χ0) is 16.5. The van der Waals surface area contributed by atoms with Crippen LogP contribution >= 0.6 is 24.8 Å². The third-order valence-corrected chi connectivity index (χ3v) is 3.88. The fourth-order valence-electron chi connectivity index (χ4n) is 2.48. The maximum atomic E-state index is 12.1. The molecule has 1 aromatic heterocycles. The zero-order valence-electron chi connectivity index (χ0n) is 14.5. The number of aromatic nitrogens is 1. The highest BCUT2D eigenvalue weighted by Crippen LogP contribution is 2.25. The van der Waals surface area contributed by atoms with Crippen LogP contribution in [0.4, 0.5) is 5.69 Å². The molecule has 1 aromatic carbocycles. The lowest BCUT2D eigenvalue weighted by Crippen LogP contribution is -2.12. The second kappa shape index (κ2) is 12.7. The van der Waals surface area contributed by atoms with Crippen molar-refractivity contribution in [1.29, 1.82) is 0 Å². The number of nitrogens with zero attached hydrogens (tertiary/aromatic N) is 1. The maximum Gasteiger partial charge on any atom is 0.224 e. The number of hydrogen-bond donors (Lipinski definition) is 2. The van der Waals surface area contributed by atoms with E-state index in [9.17, 15) is 4.79 Å². The van der Waals surface area contributed by atoms with Gasteiger partial charge in [-0.2, -0.15) is 0 Å². The van der Waals surface area contributed by atoms with Gasteiger partial charge < -0.3 is 11.1 Å². The van der Waals surface area contributed by atoms with Crippen LogP contribution in [0.1, 0.15) is 37.7 Å². The van der Waals surface area contributed by atoms with Gasteiger partial charge in [0.25, 0.3) is 0 Å². The van der Waals surface area contributed by atoms with Gasteiger partial charge in [-0.05, 0) is 61.2 Å². The van der Waals surface area contributed by atoms with Crippen LogP contribution in [0.5, 0.6) is 0 Å². The number of pyridine rings is 1. The molecule has 2 rings (SSSR count). The van der Waals surface area contributed by atoms with Crippen molar-refractivity contribution >= 4 is 36.4 Å². The van der Waals surface area contributed by atoms with Crippen LogP contribution in [0.25, 0.3) is 11.1 Å². The molecule has 0 saturated heterocycles. The second-order valence-electron chi connectivity index (χ2n) is 5.77. The SMILES string of the molecule is Cc1ccc(-c2ccncc2)cc1NC(=O)CCCCCCN.Cl.Cl. The topological polar surface area (TPSA) is 68.0 Å². The Bertz CT molecular complexity index is 636. The van der Waals surface area contributed by atoms with Crippen LogP contribution in [0, 0.1) is 6.92 Å². The number of carbonyl (C=O) groups is 1. The van der Waals surface area contributed by atoms with Gasteiger partial charge in [0.15, 0.2) is 0 Å². The Kier molecular flexibility index (Phi) is 11.9. The maximum absolute atomic E-state index is 12.1. The molecule has 2 aromatic rings. The Labute approximate surface area is 162 Å². The Hall–Kier alpha value is -1.62. The Morgan fingerprint density at radius 1 is 1.00 bits per heavy atom. The van der Waals surface area contributed by atoms with E-state index in [1.165, 1.54) is 0 Å². The lowest BCUT2D eigenvalue weighted by Gasteiger charge is -2.11. The van der Waals surface area contributed by atoms with Gasteiger partial charge in [0.05, 0.1) is 0 Å². The molecule has 3 N–H and O–H groups in total. The molecule has 0 aliphatic carbocycles. The average Bonchev–Trinajstić information content (AvgIpc) is 2.57. The summed E-state index contributed by atoms with van der Waals surface area (Å²) in [6, 6.07) is 10.1. The van der Waals surface area contributed by atoms with Crippen LogP contribution in [0.3, 0.4) is 0 Å². The molecular weight excluding hydrogens is 357 g/mol. The Balaban J connectivity index is 0.00000288. The van der Waals surface area contributed by atoms with Gasteiger partial charge in [0.2, 0.25) is 5.91 Å².